The lowest BCUT2D eigenvalue weighted by Gasteiger charge is -2.29. The summed E-state index contributed by atoms with van der Waals surface area (Å²) < 4.78 is 4.00. The number of imidazole rings is 1. The third-order valence-electron chi connectivity index (χ3n) is 5.05. The SMILES string of the molecule is Cc1cc(C)cc(N2CCCn3c2nc2c3c(=O)n(CC(N)=O)c(=O)n2C)c1. The van der Waals surface area contributed by atoms with Crippen LogP contribution in [0.4, 0.5) is 11.6 Å². The minimum Gasteiger partial charge on any atom is -0.368 e. The fraction of sp³-hybridized carbons (Fsp3) is 0.368. The quantitative estimate of drug-likeness (QED) is 0.711. The van der Waals surface area contributed by atoms with E-state index >= 15 is 0 Å². The van der Waals surface area contributed by atoms with Gasteiger partial charge in [0.25, 0.3) is 5.56 Å². The summed E-state index contributed by atoms with van der Waals surface area (Å²) in [4.78, 5) is 43.6. The predicted octanol–water partition coefficient (Wildman–Crippen LogP) is 0.541. The van der Waals surface area contributed by atoms with Crippen molar-refractivity contribution < 1.29 is 4.79 Å². The normalized spacial score (nSPS) is 13.8. The molecule has 28 heavy (non-hydrogen) atoms. The number of fused-ring (bicyclic) bond motifs is 3. The van der Waals surface area contributed by atoms with Gasteiger partial charge in [0.1, 0.15) is 6.54 Å². The first-order chi connectivity index (χ1) is 13.3. The van der Waals surface area contributed by atoms with Crippen LogP contribution >= 0.6 is 0 Å². The Balaban J connectivity index is 1.99. The van der Waals surface area contributed by atoms with Crippen molar-refractivity contribution in [2.75, 3.05) is 11.4 Å². The Hall–Kier alpha value is -3.36. The van der Waals surface area contributed by atoms with Gasteiger partial charge in [-0.2, -0.15) is 4.98 Å². The maximum Gasteiger partial charge on any atom is 0.332 e. The largest absolute Gasteiger partial charge is 0.368 e. The molecule has 0 aliphatic carbocycles. The average molecular weight is 382 g/mol. The van der Waals surface area contributed by atoms with Gasteiger partial charge >= 0.3 is 5.69 Å². The van der Waals surface area contributed by atoms with E-state index in [0.29, 0.717) is 23.7 Å². The van der Waals surface area contributed by atoms with Crippen molar-refractivity contribution in [1.82, 2.24) is 18.7 Å². The highest BCUT2D eigenvalue weighted by atomic mass is 16.2. The molecule has 0 unspecified atom stereocenters. The molecule has 0 saturated carbocycles. The number of carbonyl (C=O) groups excluding carboxylic acids is 1. The zero-order valence-corrected chi connectivity index (χ0v) is 16.1. The predicted molar refractivity (Wildman–Crippen MR) is 106 cm³/mol. The summed E-state index contributed by atoms with van der Waals surface area (Å²) in [6.45, 7) is 4.99. The van der Waals surface area contributed by atoms with Crippen LogP contribution in [0.25, 0.3) is 11.2 Å². The van der Waals surface area contributed by atoms with E-state index in [1.807, 2.05) is 18.4 Å². The highest BCUT2D eigenvalue weighted by Crippen LogP contribution is 2.31. The number of aryl methyl sites for hydroxylation is 4. The van der Waals surface area contributed by atoms with E-state index in [2.05, 4.69) is 28.1 Å². The van der Waals surface area contributed by atoms with Crippen molar-refractivity contribution in [3.63, 3.8) is 0 Å². The highest BCUT2D eigenvalue weighted by molar-refractivity contribution is 5.78. The minimum atomic E-state index is -0.742. The van der Waals surface area contributed by atoms with E-state index in [9.17, 15) is 14.4 Å². The Bertz CT molecular complexity index is 1210. The van der Waals surface area contributed by atoms with Gasteiger partial charge in [0, 0.05) is 25.8 Å². The van der Waals surface area contributed by atoms with Crippen LogP contribution in [0.15, 0.2) is 27.8 Å². The summed E-state index contributed by atoms with van der Waals surface area (Å²) in [6, 6.07) is 6.25. The van der Waals surface area contributed by atoms with Crippen molar-refractivity contribution in [2.45, 2.75) is 33.4 Å². The van der Waals surface area contributed by atoms with E-state index in [-0.39, 0.29) is 0 Å². The molecule has 9 nitrogen and oxygen atoms in total. The molecule has 3 aromatic rings. The summed E-state index contributed by atoms with van der Waals surface area (Å²) in [5.41, 5.74) is 7.96. The standard InChI is InChI=1S/C19H22N6O3/c1-11-7-12(2)9-13(8-11)23-5-4-6-24-15-16(21-18(23)24)22(3)19(28)25(17(15)27)10-14(20)26/h7-9H,4-6,10H2,1-3H3,(H2,20,26). The van der Waals surface area contributed by atoms with Crippen LogP contribution in [0.1, 0.15) is 17.5 Å². The van der Waals surface area contributed by atoms with Crippen LogP contribution in [-0.4, -0.2) is 31.1 Å². The van der Waals surface area contributed by atoms with E-state index in [0.717, 1.165) is 34.3 Å². The lowest BCUT2D eigenvalue weighted by Crippen LogP contribution is -2.42. The molecule has 2 N–H and O–H groups in total. The molecule has 0 fully saturated rings. The third-order valence-corrected chi connectivity index (χ3v) is 5.05. The molecule has 1 aliphatic rings. The molecule has 0 spiro atoms. The van der Waals surface area contributed by atoms with Gasteiger partial charge < -0.3 is 15.2 Å². The molecule has 2 aromatic heterocycles. The topological polar surface area (TPSA) is 108 Å². The van der Waals surface area contributed by atoms with E-state index in [1.165, 1.54) is 4.57 Å². The van der Waals surface area contributed by atoms with Gasteiger partial charge in [-0.25, -0.2) is 9.36 Å². The number of nitrogens with two attached hydrogens (primary N) is 1. The lowest BCUT2D eigenvalue weighted by molar-refractivity contribution is -0.118. The number of aromatic nitrogens is 4. The number of nitrogens with zero attached hydrogens (tertiary/aromatic N) is 5. The second-order valence-corrected chi connectivity index (χ2v) is 7.29. The number of anilines is 2. The monoisotopic (exact) mass is 382 g/mol. The lowest BCUT2D eigenvalue weighted by atomic mass is 10.1. The first kappa shape index (κ1) is 18.0. The van der Waals surface area contributed by atoms with Gasteiger partial charge in [0.15, 0.2) is 11.2 Å². The maximum absolute atomic E-state index is 13.0. The molecule has 1 aliphatic heterocycles. The molecule has 1 aromatic carbocycles. The van der Waals surface area contributed by atoms with Crippen LogP contribution in [0.5, 0.6) is 0 Å². The molecule has 3 heterocycles. The van der Waals surface area contributed by atoms with Crippen molar-refractivity contribution in [2.24, 2.45) is 12.8 Å². The fourth-order valence-corrected chi connectivity index (χ4v) is 3.91. The van der Waals surface area contributed by atoms with Crippen LogP contribution in [0, 0.1) is 13.8 Å². The number of hydrogen-bond donors (Lipinski definition) is 1. The fourth-order valence-electron chi connectivity index (χ4n) is 3.91. The number of primary amides is 1. The van der Waals surface area contributed by atoms with Crippen molar-refractivity contribution in [3.05, 3.63) is 50.2 Å². The maximum atomic E-state index is 13.0. The Kier molecular flexibility index (Phi) is 4.10. The van der Waals surface area contributed by atoms with Crippen LogP contribution < -0.4 is 21.9 Å². The Labute approximate surface area is 160 Å². The van der Waals surface area contributed by atoms with Crippen molar-refractivity contribution >= 4 is 28.7 Å². The van der Waals surface area contributed by atoms with Crippen molar-refractivity contribution in [1.29, 1.82) is 0 Å². The Morgan fingerprint density at radius 2 is 1.82 bits per heavy atom. The van der Waals surface area contributed by atoms with Crippen molar-refractivity contribution in [3.8, 4) is 0 Å². The molecular formula is C19H22N6O3. The number of hydrogen-bond acceptors (Lipinski definition) is 5. The van der Waals surface area contributed by atoms with Gasteiger partial charge in [-0.05, 0) is 43.5 Å². The number of amides is 1. The van der Waals surface area contributed by atoms with E-state index in [4.69, 9.17) is 5.73 Å². The molecule has 0 atom stereocenters. The molecule has 0 radical (unpaired) electrons. The molecule has 9 heteroatoms. The average Bonchev–Trinajstić information content (AvgIpc) is 3.02. The van der Waals surface area contributed by atoms with Gasteiger partial charge in [-0.15, -0.1) is 0 Å². The van der Waals surface area contributed by atoms with Crippen LogP contribution in [-0.2, 0) is 24.9 Å². The number of carbonyl (C=O) groups is 1. The van der Waals surface area contributed by atoms with Gasteiger partial charge in [-0.3, -0.25) is 14.2 Å². The van der Waals surface area contributed by atoms with Gasteiger partial charge in [0.2, 0.25) is 11.9 Å². The Morgan fingerprint density at radius 3 is 2.46 bits per heavy atom. The molecule has 1 amide bonds. The molecule has 146 valence electrons. The van der Waals surface area contributed by atoms with E-state index in [1.54, 1.807) is 7.05 Å². The van der Waals surface area contributed by atoms with Crippen LogP contribution in [0.2, 0.25) is 0 Å². The summed E-state index contributed by atoms with van der Waals surface area (Å²) >= 11 is 0. The summed E-state index contributed by atoms with van der Waals surface area (Å²) in [5, 5.41) is 0. The second kappa shape index (κ2) is 6.36. The van der Waals surface area contributed by atoms with E-state index < -0.39 is 23.7 Å². The zero-order valence-electron chi connectivity index (χ0n) is 16.1. The third kappa shape index (κ3) is 2.70. The second-order valence-electron chi connectivity index (χ2n) is 7.29. The minimum absolute atomic E-state index is 0.307. The summed E-state index contributed by atoms with van der Waals surface area (Å²) in [7, 11) is 1.54. The van der Waals surface area contributed by atoms with Gasteiger partial charge in [-0.1, -0.05) is 6.07 Å². The molecule has 0 bridgehead atoms. The van der Waals surface area contributed by atoms with Gasteiger partial charge in [0.05, 0.1) is 0 Å². The highest BCUT2D eigenvalue weighted by Gasteiger charge is 2.27. The summed E-state index contributed by atoms with van der Waals surface area (Å²) in [5.74, 6) is -0.121. The number of benzene rings is 1. The Morgan fingerprint density at radius 1 is 1.14 bits per heavy atom. The summed E-state index contributed by atoms with van der Waals surface area (Å²) in [6.07, 6.45) is 0.823. The zero-order chi connectivity index (χ0) is 20.2. The van der Waals surface area contributed by atoms with Crippen LogP contribution in [0.3, 0.4) is 0 Å². The first-order valence-electron chi connectivity index (χ1n) is 9.12. The molecular weight excluding hydrogens is 360 g/mol. The number of rotatable bonds is 3. The smallest absolute Gasteiger partial charge is 0.332 e. The molecule has 4 rings (SSSR count). The molecule has 0 saturated heterocycles. The first-order valence-corrected chi connectivity index (χ1v) is 9.12.